The van der Waals surface area contributed by atoms with Gasteiger partial charge in [-0.2, -0.15) is 0 Å². The topological polar surface area (TPSA) is 70.2 Å². The van der Waals surface area contributed by atoms with Crippen molar-refractivity contribution in [3.8, 4) is 0 Å². The molecule has 0 N–H and O–H groups in total. The first-order valence-corrected chi connectivity index (χ1v) is 9.45. The predicted octanol–water partition coefficient (Wildman–Crippen LogP) is 1.82. The summed E-state index contributed by atoms with van der Waals surface area (Å²) >= 11 is 0. The van der Waals surface area contributed by atoms with Gasteiger partial charge < -0.3 is 19.4 Å². The molecule has 0 aromatic heterocycles. The van der Waals surface area contributed by atoms with Gasteiger partial charge in [0.05, 0.1) is 18.6 Å². The number of rotatable bonds is 3. The third kappa shape index (κ3) is 3.91. The Balaban J connectivity index is 1.70. The summed E-state index contributed by atoms with van der Waals surface area (Å²) in [6.07, 6.45) is -0.107. The van der Waals surface area contributed by atoms with Crippen LogP contribution in [-0.4, -0.2) is 72.4 Å². The summed E-state index contributed by atoms with van der Waals surface area (Å²) in [6, 6.07) is 7.76. The molecule has 146 valence electrons. The van der Waals surface area contributed by atoms with Crippen molar-refractivity contribution in [2.45, 2.75) is 26.3 Å². The number of nitrogens with zero attached hydrogens (tertiary/aromatic N) is 3. The zero-order chi connectivity index (χ0) is 19.6. The molecule has 2 saturated heterocycles. The van der Waals surface area contributed by atoms with Gasteiger partial charge in [0, 0.05) is 39.6 Å². The molecular formula is C20H27N3O4. The lowest BCUT2D eigenvalue weighted by atomic mass is 9.91. The van der Waals surface area contributed by atoms with E-state index in [1.165, 1.54) is 0 Å². The molecule has 2 aliphatic heterocycles. The van der Waals surface area contributed by atoms with Gasteiger partial charge in [0.1, 0.15) is 0 Å². The van der Waals surface area contributed by atoms with Crippen LogP contribution in [0.5, 0.6) is 0 Å². The molecule has 1 aromatic carbocycles. The van der Waals surface area contributed by atoms with Crippen LogP contribution in [-0.2, 0) is 14.3 Å². The van der Waals surface area contributed by atoms with Crippen LogP contribution in [0.25, 0.3) is 0 Å². The maximum Gasteiger partial charge on any atom is 0.409 e. The van der Waals surface area contributed by atoms with E-state index in [4.69, 9.17) is 4.74 Å². The molecule has 2 aliphatic rings. The summed E-state index contributed by atoms with van der Waals surface area (Å²) in [7, 11) is 1.76. The number of likely N-dealkylation sites (tertiary alicyclic amines) is 1. The van der Waals surface area contributed by atoms with Gasteiger partial charge in [0.25, 0.3) is 0 Å². The Bertz CT molecular complexity index is 710. The van der Waals surface area contributed by atoms with Crippen LogP contribution >= 0.6 is 0 Å². The summed E-state index contributed by atoms with van der Waals surface area (Å²) in [6.45, 7) is 5.97. The maximum absolute atomic E-state index is 13.2. The van der Waals surface area contributed by atoms with Crippen LogP contribution in [0.1, 0.15) is 30.5 Å². The van der Waals surface area contributed by atoms with Crippen molar-refractivity contribution in [2.24, 2.45) is 5.92 Å². The fourth-order valence-electron chi connectivity index (χ4n) is 3.87. The fraction of sp³-hybridized carbons (Fsp3) is 0.550. The second kappa shape index (κ2) is 7.98. The Labute approximate surface area is 159 Å². The Morgan fingerprint density at radius 3 is 2.26 bits per heavy atom. The number of benzene rings is 1. The van der Waals surface area contributed by atoms with Crippen molar-refractivity contribution in [1.82, 2.24) is 14.7 Å². The van der Waals surface area contributed by atoms with Crippen LogP contribution < -0.4 is 0 Å². The van der Waals surface area contributed by atoms with Crippen LogP contribution in [0, 0.1) is 12.8 Å². The summed E-state index contributed by atoms with van der Waals surface area (Å²) in [5, 5.41) is 0. The summed E-state index contributed by atoms with van der Waals surface area (Å²) in [4.78, 5) is 42.4. The molecule has 3 rings (SSSR count). The second-order valence-corrected chi connectivity index (χ2v) is 7.18. The summed E-state index contributed by atoms with van der Waals surface area (Å²) in [5.74, 6) is -0.412. The zero-order valence-electron chi connectivity index (χ0n) is 16.2. The van der Waals surface area contributed by atoms with Gasteiger partial charge in [-0.1, -0.05) is 29.8 Å². The fourth-order valence-corrected chi connectivity index (χ4v) is 3.87. The van der Waals surface area contributed by atoms with Crippen LogP contribution in [0.4, 0.5) is 4.79 Å². The molecule has 0 unspecified atom stereocenters. The molecule has 0 aliphatic carbocycles. The van der Waals surface area contributed by atoms with Gasteiger partial charge in [-0.3, -0.25) is 9.59 Å². The number of carbonyl (C=O) groups is 3. The van der Waals surface area contributed by atoms with Gasteiger partial charge in [-0.25, -0.2) is 4.79 Å². The third-order valence-corrected chi connectivity index (χ3v) is 5.44. The van der Waals surface area contributed by atoms with Crippen molar-refractivity contribution in [2.75, 3.05) is 39.8 Å². The highest BCUT2D eigenvalue weighted by Gasteiger charge is 2.44. The Morgan fingerprint density at radius 1 is 1.07 bits per heavy atom. The minimum Gasteiger partial charge on any atom is -0.450 e. The highest BCUT2D eigenvalue weighted by atomic mass is 16.6. The Kier molecular flexibility index (Phi) is 5.68. The molecule has 27 heavy (non-hydrogen) atoms. The van der Waals surface area contributed by atoms with Gasteiger partial charge in [-0.05, 0) is 19.4 Å². The van der Waals surface area contributed by atoms with E-state index in [0.29, 0.717) is 32.8 Å². The van der Waals surface area contributed by atoms with E-state index in [2.05, 4.69) is 0 Å². The first-order valence-electron chi connectivity index (χ1n) is 9.45. The van der Waals surface area contributed by atoms with Crippen LogP contribution in [0.15, 0.2) is 24.3 Å². The Morgan fingerprint density at radius 2 is 1.67 bits per heavy atom. The molecule has 0 spiro atoms. The van der Waals surface area contributed by atoms with Gasteiger partial charge in [0.15, 0.2) is 0 Å². The van der Waals surface area contributed by atoms with E-state index in [0.717, 1.165) is 11.1 Å². The molecule has 0 radical (unpaired) electrons. The van der Waals surface area contributed by atoms with Gasteiger partial charge >= 0.3 is 6.09 Å². The van der Waals surface area contributed by atoms with E-state index in [1.807, 2.05) is 31.2 Å². The monoisotopic (exact) mass is 373 g/mol. The molecular weight excluding hydrogens is 346 g/mol. The van der Waals surface area contributed by atoms with Gasteiger partial charge in [0.2, 0.25) is 11.8 Å². The molecule has 2 heterocycles. The standard InChI is InChI=1S/C20H27N3O4/c1-4-27-20(26)23-11-9-22(10-12-23)19(25)16-13-17(24)21(3)18(16)15-7-5-14(2)6-8-15/h5-8,16,18H,4,9-13H2,1-3H3/t16-,18-/m1/s1. The highest BCUT2D eigenvalue weighted by molar-refractivity contribution is 5.90. The lowest BCUT2D eigenvalue weighted by molar-refractivity contribution is -0.138. The van der Waals surface area contributed by atoms with Crippen molar-refractivity contribution in [1.29, 1.82) is 0 Å². The third-order valence-electron chi connectivity index (χ3n) is 5.44. The minimum atomic E-state index is -0.389. The van der Waals surface area contributed by atoms with E-state index >= 15 is 0 Å². The molecule has 0 bridgehead atoms. The minimum absolute atomic E-state index is 0.0101. The van der Waals surface area contributed by atoms with Crippen molar-refractivity contribution >= 4 is 17.9 Å². The van der Waals surface area contributed by atoms with E-state index in [9.17, 15) is 14.4 Å². The average Bonchev–Trinajstić information content (AvgIpc) is 2.97. The van der Waals surface area contributed by atoms with Crippen molar-refractivity contribution < 1.29 is 19.1 Å². The predicted molar refractivity (Wildman–Crippen MR) is 100.0 cm³/mol. The number of hydrogen-bond acceptors (Lipinski definition) is 4. The molecule has 2 atom stereocenters. The summed E-state index contributed by atoms with van der Waals surface area (Å²) in [5.41, 5.74) is 2.13. The zero-order valence-corrected chi connectivity index (χ0v) is 16.2. The first kappa shape index (κ1) is 19.2. The van der Waals surface area contributed by atoms with E-state index in [1.54, 1.807) is 28.7 Å². The van der Waals surface area contributed by atoms with E-state index in [-0.39, 0.29) is 36.3 Å². The molecule has 2 fully saturated rings. The molecule has 3 amide bonds. The Hall–Kier alpha value is -2.57. The maximum atomic E-state index is 13.2. The SMILES string of the molecule is CCOC(=O)N1CCN(C(=O)[C@@H]2CC(=O)N(C)[C@@H]2c2ccc(C)cc2)CC1. The number of ether oxygens (including phenoxy) is 1. The second-order valence-electron chi connectivity index (χ2n) is 7.18. The van der Waals surface area contributed by atoms with Crippen molar-refractivity contribution in [3.05, 3.63) is 35.4 Å². The first-order chi connectivity index (χ1) is 12.9. The number of aryl methyl sites for hydroxylation is 1. The summed E-state index contributed by atoms with van der Waals surface area (Å²) < 4.78 is 5.02. The van der Waals surface area contributed by atoms with Crippen molar-refractivity contribution in [3.63, 3.8) is 0 Å². The lowest BCUT2D eigenvalue weighted by Crippen LogP contribution is -2.52. The van der Waals surface area contributed by atoms with Crippen LogP contribution in [0.2, 0.25) is 0 Å². The lowest BCUT2D eigenvalue weighted by Gasteiger charge is -2.36. The molecule has 7 heteroatoms. The molecule has 1 aromatic rings. The number of piperazine rings is 1. The number of hydrogen-bond donors (Lipinski definition) is 0. The normalized spacial score (nSPS) is 22.9. The highest BCUT2D eigenvalue weighted by Crippen LogP contribution is 2.38. The quantitative estimate of drug-likeness (QED) is 0.810. The van der Waals surface area contributed by atoms with E-state index < -0.39 is 0 Å². The van der Waals surface area contributed by atoms with Gasteiger partial charge in [-0.15, -0.1) is 0 Å². The molecule has 7 nitrogen and oxygen atoms in total. The average molecular weight is 373 g/mol. The van der Waals surface area contributed by atoms with Crippen LogP contribution in [0.3, 0.4) is 0 Å². The smallest absolute Gasteiger partial charge is 0.409 e. The number of amides is 3. The largest absolute Gasteiger partial charge is 0.450 e. The molecule has 0 saturated carbocycles. The number of carbonyl (C=O) groups excluding carboxylic acids is 3.